The molecule has 0 saturated carbocycles. The van der Waals surface area contributed by atoms with Gasteiger partial charge in [-0.25, -0.2) is 14.1 Å². The topological polar surface area (TPSA) is 66.8 Å². The van der Waals surface area contributed by atoms with E-state index < -0.39 is 23.9 Å². The monoisotopic (exact) mass is 419 g/mol. The first kappa shape index (κ1) is 21.3. The molecule has 7 heteroatoms. The highest BCUT2D eigenvalue weighted by molar-refractivity contribution is 6.30. The maximum atomic E-state index is 13.8. The van der Waals surface area contributed by atoms with Crippen LogP contribution in [0.1, 0.15) is 24.0 Å². The highest BCUT2D eigenvalue weighted by Gasteiger charge is 2.40. The van der Waals surface area contributed by atoms with Crippen LogP contribution in [0.2, 0.25) is 5.02 Å². The van der Waals surface area contributed by atoms with E-state index in [-0.39, 0.29) is 30.6 Å². The van der Waals surface area contributed by atoms with Crippen molar-refractivity contribution in [1.29, 1.82) is 0 Å². The van der Waals surface area contributed by atoms with Gasteiger partial charge in [-0.15, -0.1) is 0 Å². The van der Waals surface area contributed by atoms with Gasteiger partial charge in [0.05, 0.1) is 11.1 Å². The minimum absolute atomic E-state index is 0.0121. The van der Waals surface area contributed by atoms with Crippen molar-refractivity contribution in [2.45, 2.75) is 31.7 Å². The normalized spacial score (nSPS) is 17.3. The van der Waals surface area contributed by atoms with Crippen molar-refractivity contribution in [1.82, 2.24) is 4.90 Å². The van der Waals surface area contributed by atoms with Gasteiger partial charge in [0.25, 0.3) is 0 Å². The van der Waals surface area contributed by atoms with Crippen LogP contribution in [-0.4, -0.2) is 41.3 Å². The Hall–Kier alpha value is -2.44. The second kappa shape index (κ2) is 9.85. The fourth-order valence-corrected chi connectivity index (χ4v) is 3.68. The summed E-state index contributed by atoms with van der Waals surface area (Å²) < 4.78 is 19.0. The van der Waals surface area contributed by atoms with Gasteiger partial charge in [-0.1, -0.05) is 48.0 Å². The summed E-state index contributed by atoms with van der Waals surface area (Å²) in [6.45, 7) is 0.0679. The number of cyclic esters (lactones) is 1. The number of benzene rings is 2. The number of hydrogen-bond acceptors (Lipinski definition) is 4. The summed E-state index contributed by atoms with van der Waals surface area (Å²) >= 11 is 5.74. The number of ether oxygens (including phenoxy) is 1. The van der Waals surface area contributed by atoms with E-state index in [2.05, 4.69) is 0 Å². The zero-order valence-corrected chi connectivity index (χ0v) is 16.6. The van der Waals surface area contributed by atoms with Crippen LogP contribution in [0.4, 0.5) is 9.18 Å². The minimum Gasteiger partial charge on any atom is -0.447 e. The molecule has 0 aromatic heterocycles. The number of carbonyl (C=O) groups is 2. The molecule has 2 amide bonds. The quantitative estimate of drug-likeness (QED) is 0.702. The lowest BCUT2D eigenvalue weighted by Gasteiger charge is -2.25. The molecule has 0 unspecified atom stereocenters. The molecule has 1 heterocycles. The predicted octanol–water partition coefficient (Wildman–Crippen LogP) is 4.00. The van der Waals surface area contributed by atoms with Gasteiger partial charge in [0, 0.05) is 12.5 Å². The summed E-state index contributed by atoms with van der Waals surface area (Å²) in [5, 5.41) is 9.23. The molecule has 1 aliphatic rings. The smallest absolute Gasteiger partial charge is 0.416 e. The summed E-state index contributed by atoms with van der Waals surface area (Å²) in [7, 11) is 0. The molecule has 0 spiro atoms. The Labute approximate surface area is 174 Å². The van der Waals surface area contributed by atoms with Crippen molar-refractivity contribution < 1.29 is 23.8 Å². The Kier molecular flexibility index (Phi) is 7.23. The Bertz CT molecular complexity index is 861. The SMILES string of the molecule is O=C1OC[C@@H](Cc2ccccc2)N1C(=O)[C@H](CCCO)Cc1ccc(Cl)c(F)c1. The average Bonchev–Trinajstić information content (AvgIpc) is 3.08. The van der Waals surface area contributed by atoms with E-state index in [1.165, 1.54) is 17.0 Å². The number of halogens is 2. The Balaban J connectivity index is 1.78. The molecule has 29 heavy (non-hydrogen) atoms. The van der Waals surface area contributed by atoms with Crippen molar-refractivity contribution >= 4 is 23.6 Å². The van der Waals surface area contributed by atoms with Crippen molar-refractivity contribution in [3.8, 4) is 0 Å². The number of aliphatic hydroxyl groups excluding tert-OH is 1. The predicted molar refractivity (Wildman–Crippen MR) is 107 cm³/mol. The largest absolute Gasteiger partial charge is 0.447 e. The zero-order valence-electron chi connectivity index (χ0n) is 15.9. The summed E-state index contributed by atoms with van der Waals surface area (Å²) in [6, 6.07) is 13.6. The molecule has 3 rings (SSSR count). The first-order valence-electron chi connectivity index (χ1n) is 9.58. The molecule has 2 atom stereocenters. The fourth-order valence-electron chi connectivity index (χ4n) is 3.57. The average molecular weight is 420 g/mol. The molecular weight excluding hydrogens is 397 g/mol. The van der Waals surface area contributed by atoms with E-state index in [1.807, 2.05) is 30.3 Å². The Morgan fingerprint density at radius 2 is 2.00 bits per heavy atom. The van der Waals surface area contributed by atoms with Crippen LogP contribution in [0.5, 0.6) is 0 Å². The molecule has 0 radical (unpaired) electrons. The van der Waals surface area contributed by atoms with Gasteiger partial charge in [-0.3, -0.25) is 4.79 Å². The van der Waals surface area contributed by atoms with Crippen molar-refractivity contribution in [3.05, 3.63) is 70.5 Å². The van der Waals surface area contributed by atoms with Crippen molar-refractivity contribution in [2.24, 2.45) is 5.92 Å². The van der Waals surface area contributed by atoms with Gasteiger partial charge in [0.1, 0.15) is 12.4 Å². The summed E-state index contributed by atoms with van der Waals surface area (Å²) in [5.41, 5.74) is 1.61. The molecular formula is C22H23ClFNO4. The van der Waals surface area contributed by atoms with Crippen LogP contribution in [0, 0.1) is 11.7 Å². The van der Waals surface area contributed by atoms with Gasteiger partial charge in [0.15, 0.2) is 0 Å². The number of nitrogens with zero attached hydrogens (tertiary/aromatic N) is 1. The third-order valence-corrected chi connectivity index (χ3v) is 5.35. The highest BCUT2D eigenvalue weighted by Crippen LogP contribution is 2.25. The second-order valence-corrected chi connectivity index (χ2v) is 7.55. The fraction of sp³-hybridized carbons (Fsp3) is 0.364. The molecule has 1 fully saturated rings. The molecule has 1 N–H and O–H groups in total. The maximum absolute atomic E-state index is 13.8. The van der Waals surface area contributed by atoms with Crippen LogP contribution >= 0.6 is 11.6 Å². The molecule has 0 aliphatic carbocycles. The van der Waals surface area contributed by atoms with Crippen LogP contribution in [-0.2, 0) is 22.4 Å². The summed E-state index contributed by atoms with van der Waals surface area (Å²) in [6.07, 6.45) is 0.863. The van der Waals surface area contributed by atoms with E-state index in [4.69, 9.17) is 16.3 Å². The summed E-state index contributed by atoms with van der Waals surface area (Å²) in [4.78, 5) is 26.7. The standard InChI is InChI=1S/C22H23ClFNO4/c23-19-9-8-16(13-20(19)24)11-17(7-4-10-26)21(27)25-18(14-29-22(25)28)12-15-5-2-1-3-6-15/h1-3,5-6,8-9,13,17-18,26H,4,7,10-12,14H2/t17-,18-/m1/s1. The van der Waals surface area contributed by atoms with Crippen molar-refractivity contribution in [2.75, 3.05) is 13.2 Å². The second-order valence-electron chi connectivity index (χ2n) is 7.14. The highest BCUT2D eigenvalue weighted by atomic mass is 35.5. The van der Waals surface area contributed by atoms with E-state index in [0.717, 1.165) is 5.56 Å². The van der Waals surface area contributed by atoms with Crippen LogP contribution in [0.3, 0.4) is 0 Å². The molecule has 5 nitrogen and oxygen atoms in total. The van der Waals surface area contributed by atoms with Gasteiger partial charge < -0.3 is 9.84 Å². The first-order valence-corrected chi connectivity index (χ1v) is 9.96. The number of amides is 2. The Morgan fingerprint density at radius 3 is 2.69 bits per heavy atom. The van der Waals surface area contributed by atoms with E-state index in [1.54, 1.807) is 6.07 Å². The number of aliphatic hydroxyl groups is 1. The van der Waals surface area contributed by atoms with E-state index >= 15 is 0 Å². The molecule has 1 aliphatic heterocycles. The van der Waals surface area contributed by atoms with Gasteiger partial charge in [0.2, 0.25) is 5.91 Å². The lowest BCUT2D eigenvalue weighted by molar-refractivity contribution is -0.133. The summed E-state index contributed by atoms with van der Waals surface area (Å²) in [5.74, 6) is -1.50. The van der Waals surface area contributed by atoms with E-state index in [0.29, 0.717) is 24.8 Å². The van der Waals surface area contributed by atoms with Crippen molar-refractivity contribution in [3.63, 3.8) is 0 Å². The number of carbonyl (C=O) groups excluding carboxylic acids is 2. The molecule has 1 saturated heterocycles. The van der Waals surface area contributed by atoms with Crippen LogP contribution in [0.25, 0.3) is 0 Å². The molecule has 2 aromatic rings. The maximum Gasteiger partial charge on any atom is 0.416 e. The lowest BCUT2D eigenvalue weighted by Crippen LogP contribution is -2.44. The zero-order chi connectivity index (χ0) is 20.8. The van der Waals surface area contributed by atoms with Gasteiger partial charge >= 0.3 is 6.09 Å². The Morgan fingerprint density at radius 1 is 1.24 bits per heavy atom. The number of rotatable bonds is 8. The molecule has 0 bridgehead atoms. The van der Waals surface area contributed by atoms with Crippen LogP contribution < -0.4 is 0 Å². The van der Waals surface area contributed by atoms with Crippen LogP contribution in [0.15, 0.2) is 48.5 Å². The van der Waals surface area contributed by atoms with Gasteiger partial charge in [-0.05, 0) is 48.9 Å². The van der Waals surface area contributed by atoms with Gasteiger partial charge in [-0.2, -0.15) is 0 Å². The lowest BCUT2D eigenvalue weighted by atomic mass is 9.92. The van der Waals surface area contributed by atoms with E-state index in [9.17, 15) is 19.1 Å². The number of imide groups is 1. The minimum atomic E-state index is -0.660. The number of hydrogen-bond donors (Lipinski definition) is 1. The first-order chi connectivity index (χ1) is 14.0. The third-order valence-electron chi connectivity index (χ3n) is 5.04. The molecule has 2 aromatic carbocycles. The molecule has 154 valence electrons. The third kappa shape index (κ3) is 5.34.